The van der Waals surface area contributed by atoms with Crippen LogP contribution in [-0.2, 0) is 11.2 Å². The molecular weight excluding hydrogens is 286 g/mol. The van der Waals surface area contributed by atoms with Crippen LogP contribution in [0.1, 0.15) is 46.1 Å². The van der Waals surface area contributed by atoms with Gasteiger partial charge in [-0.2, -0.15) is 0 Å². The zero-order valence-electron chi connectivity index (χ0n) is 15.0. The predicted molar refractivity (Wildman–Crippen MR) is 94.2 cm³/mol. The van der Waals surface area contributed by atoms with Gasteiger partial charge in [-0.05, 0) is 50.2 Å². The molecule has 1 amide bonds. The molecule has 1 aromatic heterocycles. The summed E-state index contributed by atoms with van der Waals surface area (Å²) in [6.45, 7) is 12.1. The molecule has 23 heavy (non-hydrogen) atoms. The van der Waals surface area contributed by atoms with Crippen LogP contribution in [0.25, 0.3) is 0 Å². The monoisotopic (exact) mass is 317 g/mol. The highest BCUT2D eigenvalue weighted by Crippen LogP contribution is 2.26. The first-order chi connectivity index (χ1) is 10.9. The summed E-state index contributed by atoms with van der Waals surface area (Å²) >= 11 is 0. The van der Waals surface area contributed by atoms with Gasteiger partial charge in [-0.25, -0.2) is 0 Å². The molecule has 0 radical (unpaired) electrons. The average molecular weight is 317 g/mol. The third-order valence-electron chi connectivity index (χ3n) is 4.81. The van der Waals surface area contributed by atoms with Gasteiger partial charge in [0.1, 0.15) is 0 Å². The Hall–Kier alpha value is -1.42. The second-order valence-electron chi connectivity index (χ2n) is 7.80. The van der Waals surface area contributed by atoms with Gasteiger partial charge in [0.2, 0.25) is 5.91 Å². The summed E-state index contributed by atoms with van der Waals surface area (Å²) in [7, 11) is 0. The van der Waals surface area contributed by atoms with Crippen molar-refractivity contribution >= 4 is 5.91 Å². The van der Waals surface area contributed by atoms with Gasteiger partial charge in [-0.15, -0.1) is 0 Å². The molecular formula is C19H31N3O. The number of hydrogen-bond acceptors (Lipinski definition) is 3. The van der Waals surface area contributed by atoms with Crippen molar-refractivity contribution in [2.24, 2.45) is 11.8 Å². The predicted octanol–water partition coefficient (Wildman–Crippen LogP) is 2.89. The standard InChI is InChI=1S/C19H31N3O/c1-15-10-16(2)13-22(12-15)19(3,4)14-21-18(23)8-7-17-6-5-9-20-11-17/h5-6,9,11,15-16H,7-8,10,12-14H2,1-4H3,(H,21,23). The van der Waals surface area contributed by atoms with Crippen LogP contribution in [0.3, 0.4) is 0 Å². The first kappa shape index (κ1) is 17.9. The molecule has 0 aromatic carbocycles. The Balaban J connectivity index is 1.78. The van der Waals surface area contributed by atoms with Crippen molar-refractivity contribution in [1.82, 2.24) is 15.2 Å². The highest BCUT2D eigenvalue weighted by Gasteiger charge is 2.32. The molecule has 4 nitrogen and oxygen atoms in total. The lowest BCUT2D eigenvalue weighted by atomic mass is 9.88. The topological polar surface area (TPSA) is 45.2 Å². The van der Waals surface area contributed by atoms with Crippen LogP contribution in [0.5, 0.6) is 0 Å². The fourth-order valence-electron chi connectivity index (χ4n) is 3.48. The largest absolute Gasteiger partial charge is 0.354 e. The Kier molecular flexibility index (Phi) is 6.17. The molecule has 1 aliphatic heterocycles. The fraction of sp³-hybridized carbons (Fsp3) is 0.684. The fourth-order valence-corrected chi connectivity index (χ4v) is 3.48. The number of piperidine rings is 1. The number of nitrogens with one attached hydrogen (secondary N) is 1. The SMILES string of the molecule is CC1CC(C)CN(C(C)(C)CNC(=O)CCc2cccnc2)C1. The molecule has 0 bridgehead atoms. The lowest BCUT2D eigenvalue weighted by Gasteiger charge is -2.45. The van der Waals surface area contributed by atoms with Crippen LogP contribution in [0.15, 0.2) is 24.5 Å². The van der Waals surface area contributed by atoms with E-state index in [1.165, 1.54) is 6.42 Å². The number of hydrogen-bond donors (Lipinski definition) is 1. The van der Waals surface area contributed by atoms with Gasteiger partial charge in [0, 0.05) is 44.0 Å². The summed E-state index contributed by atoms with van der Waals surface area (Å²) in [5, 5.41) is 3.12. The van der Waals surface area contributed by atoms with Gasteiger partial charge in [0.15, 0.2) is 0 Å². The van der Waals surface area contributed by atoms with E-state index < -0.39 is 0 Å². The zero-order chi connectivity index (χ0) is 16.9. The van der Waals surface area contributed by atoms with Gasteiger partial charge in [-0.1, -0.05) is 19.9 Å². The van der Waals surface area contributed by atoms with Gasteiger partial charge in [-0.3, -0.25) is 14.7 Å². The van der Waals surface area contributed by atoms with Crippen LogP contribution in [0, 0.1) is 11.8 Å². The van der Waals surface area contributed by atoms with Crippen molar-refractivity contribution in [2.45, 2.75) is 52.5 Å². The molecule has 2 atom stereocenters. The summed E-state index contributed by atoms with van der Waals surface area (Å²) < 4.78 is 0. The summed E-state index contributed by atoms with van der Waals surface area (Å²) in [4.78, 5) is 18.7. The van der Waals surface area contributed by atoms with E-state index in [2.05, 4.69) is 42.9 Å². The van der Waals surface area contributed by atoms with E-state index in [4.69, 9.17) is 0 Å². The van der Waals surface area contributed by atoms with E-state index >= 15 is 0 Å². The second-order valence-corrected chi connectivity index (χ2v) is 7.80. The third-order valence-corrected chi connectivity index (χ3v) is 4.81. The van der Waals surface area contributed by atoms with Crippen molar-refractivity contribution in [1.29, 1.82) is 0 Å². The van der Waals surface area contributed by atoms with E-state index in [1.807, 2.05) is 18.3 Å². The van der Waals surface area contributed by atoms with Gasteiger partial charge >= 0.3 is 0 Å². The highest BCUT2D eigenvalue weighted by atomic mass is 16.1. The average Bonchev–Trinajstić information content (AvgIpc) is 2.51. The number of carbonyl (C=O) groups is 1. The second kappa shape index (κ2) is 7.91. The maximum Gasteiger partial charge on any atom is 0.220 e. The summed E-state index contributed by atoms with van der Waals surface area (Å²) in [5.74, 6) is 1.60. The third kappa shape index (κ3) is 5.61. The molecule has 1 aromatic rings. The number of pyridine rings is 1. The normalized spacial score (nSPS) is 22.8. The molecule has 1 N–H and O–H groups in total. The Labute approximate surface area is 140 Å². The van der Waals surface area contributed by atoms with Crippen LogP contribution < -0.4 is 5.32 Å². The Morgan fingerprint density at radius 1 is 1.35 bits per heavy atom. The Morgan fingerprint density at radius 3 is 2.65 bits per heavy atom. The molecule has 1 fully saturated rings. The number of nitrogens with zero attached hydrogens (tertiary/aromatic N) is 2. The van der Waals surface area contributed by atoms with Gasteiger partial charge < -0.3 is 5.32 Å². The van der Waals surface area contributed by atoms with Crippen LogP contribution >= 0.6 is 0 Å². The molecule has 0 saturated carbocycles. The highest BCUT2D eigenvalue weighted by molar-refractivity contribution is 5.76. The van der Waals surface area contributed by atoms with E-state index in [1.54, 1.807) is 6.20 Å². The molecule has 2 unspecified atom stereocenters. The summed E-state index contributed by atoms with van der Waals surface area (Å²) in [6, 6.07) is 3.93. The molecule has 2 rings (SSSR count). The van der Waals surface area contributed by atoms with Crippen molar-refractivity contribution in [3.8, 4) is 0 Å². The lowest BCUT2D eigenvalue weighted by Crippen LogP contribution is -2.56. The lowest BCUT2D eigenvalue weighted by molar-refractivity contribution is -0.121. The summed E-state index contributed by atoms with van der Waals surface area (Å²) in [5.41, 5.74) is 1.12. The van der Waals surface area contributed by atoms with E-state index in [0.29, 0.717) is 13.0 Å². The first-order valence-electron chi connectivity index (χ1n) is 8.77. The smallest absolute Gasteiger partial charge is 0.220 e. The van der Waals surface area contributed by atoms with Gasteiger partial charge in [0.05, 0.1) is 0 Å². The molecule has 4 heteroatoms. The van der Waals surface area contributed by atoms with E-state index in [0.717, 1.165) is 36.9 Å². The molecule has 2 heterocycles. The molecule has 0 aliphatic carbocycles. The Bertz CT molecular complexity index is 491. The van der Waals surface area contributed by atoms with Crippen LogP contribution in [0.4, 0.5) is 0 Å². The maximum absolute atomic E-state index is 12.1. The number of aryl methyl sites for hydroxylation is 1. The van der Waals surface area contributed by atoms with Crippen molar-refractivity contribution in [2.75, 3.05) is 19.6 Å². The zero-order valence-corrected chi connectivity index (χ0v) is 15.0. The molecule has 128 valence electrons. The summed E-state index contributed by atoms with van der Waals surface area (Å²) in [6.07, 6.45) is 6.16. The minimum absolute atomic E-state index is 0.00685. The molecule has 0 spiro atoms. The number of amides is 1. The van der Waals surface area contributed by atoms with Crippen molar-refractivity contribution in [3.05, 3.63) is 30.1 Å². The minimum atomic E-state index is 0.00685. The quantitative estimate of drug-likeness (QED) is 0.877. The minimum Gasteiger partial charge on any atom is -0.354 e. The van der Waals surface area contributed by atoms with Crippen LogP contribution in [-0.4, -0.2) is 41.0 Å². The number of likely N-dealkylation sites (tertiary alicyclic amines) is 1. The van der Waals surface area contributed by atoms with E-state index in [-0.39, 0.29) is 11.4 Å². The van der Waals surface area contributed by atoms with Crippen molar-refractivity contribution < 1.29 is 4.79 Å². The number of aromatic nitrogens is 1. The van der Waals surface area contributed by atoms with E-state index in [9.17, 15) is 4.79 Å². The maximum atomic E-state index is 12.1. The molecule has 1 aliphatic rings. The van der Waals surface area contributed by atoms with Gasteiger partial charge in [0.25, 0.3) is 0 Å². The number of carbonyl (C=O) groups excluding carboxylic acids is 1. The molecule has 1 saturated heterocycles. The first-order valence-corrected chi connectivity index (χ1v) is 8.77. The van der Waals surface area contributed by atoms with Crippen molar-refractivity contribution in [3.63, 3.8) is 0 Å². The number of rotatable bonds is 6. The van der Waals surface area contributed by atoms with Crippen LogP contribution in [0.2, 0.25) is 0 Å². The Morgan fingerprint density at radius 2 is 2.04 bits per heavy atom.